The van der Waals surface area contributed by atoms with E-state index in [0.29, 0.717) is 17.5 Å². The zero-order valence-corrected chi connectivity index (χ0v) is 27.6. The van der Waals surface area contributed by atoms with Gasteiger partial charge >= 0.3 is 0 Å². The van der Waals surface area contributed by atoms with Crippen molar-refractivity contribution in [3.63, 3.8) is 0 Å². The van der Waals surface area contributed by atoms with Crippen molar-refractivity contribution in [3.8, 4) is 56.4 Å². The van der Waals surface area contributed by atoms with E-state index in [2.05, 4.69) is 79.5 Å². The highest BCUT2D eigenvalue weighted by Crippen LogP contribution is 2.51. The number of benzene rings is 6. The number of furan rings is 1. The first kappa shape index (κ1) is 28.1. The molecule has 0 unspecified atom stereocenters. The lowest BCUT2D eigenvalue weighted by Crippen LogP contribution is -2.15. The van der Waals surface area contributed by atoms with Gasteiger partial charge in [0.05, 0.1) is 21.3 Å². The second kappa shape index (κ2) is 10.5. The number of para-hydroxylation sites is 2. The van der Waals surface area contributed by atoms with Crippen molar-refractivity contribution in [2.24, 2.45) is 0 Å². The third-order valence-electron chi connectivity index (χ3n) is 9.90. The van der Waals surface area contributed by atoms with E-state index in [-0.39, 0.29) is 5.41 Å². The molecule has 1 aliphatic rings. The zero-order valence-electron chi connectivity index (χ0n) is 26.8. The highest BCUT2D eigenvalue weighted by molar-refractivity contribution is 7.16. The number of rotatable bonds is 4. The van der Waals surface area contributed by atoms with Gasteiger partial charge in [0.25, 0.3) is 0 Å². The third-order valence-corrected chi connectivity index (χ3v) is 10.7. The minimum absolute atomic E-state index is 0.139. The predicted octanol–water partition coefficient (Wildman–Crippen LogP) is 11.4. The van der Waals surface area contributed by atoms with E-state index in [9.17, 15) is 0 Å². The summed E-state index contributed by atoms with van der Waals surface area (Å²) >= 11 is 1.70. The quantitative estimate of drug-likeness (QED) is 0.190. The van der Waals surface area contributed by atoms with Gasteiger partial charge in [-0.25, -0.2) is 19.9 Å². The summed E-state index contributed by atoms with van der Waals surface area (Å²) in [6.45, 7) is 4.65. The minimum Gasteiger partial charge on any atom is -0.455 e. The molecular weight excluding hydrogens is 621 g/mol. The van der Waals surface area contributed by atoms with Gasteiger partial charge in [-0.1, -0.05) is 117 Å². The standard InChI is InChI=1S/C43H28N4OS/c1-43(2)34-21-27(19-20-29(34)33-22-36-37(23-35(33)43)49-24-44-36)28-15-9-16-30-31-17-10-18-32(39(31)48-38(28)30)42-46-40(25-11-5-3-6-12-25)45-41(47-42)26-13-7-4-8-14-26/h3-24H,1-2H3. The van der Waals surface area contributed by atoms with Gasteiger partial charge < -0.3 is 4.42 Å². The zero-order chi connectivity index (χ0) is 32.7. The number of hydrogen-bond donors (Lipinski definition) is 0. The average Bonchev–Trinajstić information content (AvgIpc) is 3.84. The number of aromatic nitrogens is 4. The Hall–Kier alpha value is -5.98. The van der Waals surface area contributed by atoms with Crippen LogP contribution in [0.25, 0.3) is 88.6 Å². The van der Waals surface area contributed by atoms with Crippen LogP contribution in [0.15, 0.2) is 137 Å². The molecule has 3 aromatic heterocycles. The first-order chi connectivity index (χ1) is 24.0. The molecule has 0 bridgehead atoms. The van der Waals surface area contributed by atoms with Gasteiger partial charge in [0, 0.05) is 32.9 Å². The molecule has 3 heterocycles. The molecule has 0 radical (unpaired) electrons. The van der Waals surface area contributed by atoms with E-state index in [0.717, 1.165) is 55.3 Å². The van der Waals surface area contributed by atoms with Crippen LogP contribution in [0.3, 0.4) is 0 Å². The molecule has 10 rings (SSSR count). The van der Waals surface area contributed by atoms with Crippen LogP contribution in [0.1, 0.15) is 25.0 Å². The number of fused-ring (bicyclic) bond motifs is 7. The molecule has 1 aliphatic carbocycles. The van der Waals surface area contributed by atoms with Crippen LogP contribution in [0.4, 0.5) is 0 Å². The summed E-state index contributed by atoms with van der Waals surface area (Å²) in [5, 5.41) is 2.09. The van der Waals surface area contributed by atoms with Crippen LogP contribution in [-0.4, -0.2) is 19.9 Å². The van der Waals surface area contributed by atoms with E-state index < -0.39 is 0 Å². The van der Waals surface area contributed by atoms with Crippen molar-refractivity contribution in [1.82, 2.24) is 19.9 Å². The summed E-state index contributed by atoms with van der Waals surface area (Å²) in [7, 11) is 0. The van der Waals surface area contributed by atoms with Crippen LogP contribution in [0.2, 0.25) is 0 Å². The lowest BCUT2D eigenvalue weighted by molar-refractivity contribution is 0.661. The fourth-order valence-electron chi connectivity index (χ4n) is 7.40. The fraction of sp³-hybridized carbons (Fsp3) is 0.0698. The van der Waals surface area contributed by atoms with E-state index in [1.807, 2.05) is 72.2 Å². The van der Waals surface area contributed by atoms with Crippen LogP contribution >= 0.6 is 11.3 Å². The Kier molecular flexibility index (Phi) is 6.02. The van der Waals surface area contributed by atoms with Crippen LogP contribution in [0, 0.1) is 0 Å². The Morgan fingerprint density at radius 1 is 0.510 bits per heavy atom. The average molecular weight is 649 g/mol. The largest absolute Gasteiger partial charge is 0.455 e. The van der Waals surface area contributed by atoms with Gasteiger partial charge in [-0.2, -0.15) is 0 Å². The van der Waals surface area contributed by atoms with Crippen LogP contribution in [0.5, 0.6) is 0 Å². The molecule has 0 atom stereocenters. The number of nitrogens with zero attached hydrogens (tertiary/aromatic N) is 4. The maximum absolute atomic E-state index is 6.88. The Bertz CT molecular complexity index is 2690. The maximum atomic E-state index is 6.88. The van der Waals surface area contributed by atoms with Crippen LogP contribution in [-0.2, 0) is 5.41 Å². The fourth-order valence-corrected chi connectivity index (χ4v) is 8.10. The molecular formula is C43H28N4OS. The monoisotopic (exact) mass is 648 g/mol. The minimum atomic E-state index is -0.139. The van der Waals surface area contributed by atoms with Gasteiger partial charge in [-0.05, 0) is 52.1 Å². The summed E-state index contributed by atoms with van der Waals surface area (Å²) in [6, 6.07) is 44.2. The summed E-state index contributed by atoms with van der Waals surface area (Å²) in [5.74, 6) is 1.82. The summed E-state index contributed by atoms with van der Waals surface area (Å²) in [6.07, 6.45) is 0. The molecule has 49 heavy (non-hydrogen) atoms. The SMILES string of the molecule is CC1(C)c2cc(-c3cccc4c3oc3c(-c5nc(-c6ccccc6)nc(-c6ccccc6)n5)cccc34)ccc2-c2cc3ncsc3cc21. The Morgan fingerprint density at radius 2 is 1.12 bits per heavy atom. The molecule has 0 saturated carbocycles. The second-order valence-corrected chi connectivity index (χ2v) is 14.0. The highest BCUT2D eigenvalue weighted by atomic mass is 32.1. The van der Waals surface area contributed by atoms with E-state index in [1.54, 1.807) is 11.3 Å². The molecule has 0 fully saturated rings. The van der Waals surface area contributed by atoms with E-state index in [1.165, 1.54) is 27.0 Å². The van der Waals surface area contributed by atoms with Gasteiger partial charge in [-0.15, -0.1) is 11.3 Å². The lowest BCUT2D eigenvalue weighted by atomic mass is 9.81. The van der Waals surface area contributed by atoms with Crippen molar-refractivity contribution in [3.05, 3.63) is 144 Å². The number of thiazole rings is 1. The van der Waals surface area contributed by atoms with Crippen molar-refractivity contribution < 1.29 is 4.42 Å². The lowest BCUT2D eigenvalue weighted by Gasteiger charge is -2.22. The van der Waals surface area contributed by atoms with Crippen molar-refractivity contribution in [2.75, 3.05) is 0 Å². The van der Waals surface area contributed by atoms with Gasteiger partial charge in [0.2, 0.25) is 0 Å². The molecule has 0 amide bonds. The normalized spacial score (nSPS) is 13.3. The van der Waals surface area contributed by atoms with Gasteiger partial charge in [-0.3, -0.25) is 0 Å². The van der Waals surface area contributed by atoms with Gasteiger partial charge in [0.15, 0.2) is 17.5 Å². The summed E-state index contributed by atoms with van der Waals surface area (Å²) in [5.41, 5.74) is 14.6. The van der Waals surface area contributed by atoms with Gasteiger partial charge in [0.1, 0.15) is 11.2 Å². The molecule has 0 aliphatic heterocycles. The third kappa shape index (κ3) is 4.31. The Balaban J connectivity index is 1.15. The molecule has 0 N–H and O–H groups in total. The Labute approximate surface area is 286 Å². The molecule has 0 spiro atoms. The topological polar surface area (TPSA) is 64.7 Å². The summed E-state index contributed by atoms with van der Waals surface area (Å²) in [4.78, 5) is 19.5. The Morgan fingerprint density at radius 3 is 1.82 bits per heavy atom. The van der Waals surface area contributed by atoms with Crippen LogP contribution < -0.4 is 0 Å². The van der Waals surface area contributed by atoms with E-state index in [4.69, 9.17) is 19.4 Å². The van der Waals surface area contributed by atoms with E-state index >= 15 is 0 Å². The molecule has 6 heteroatoms. The molecule has 0 saturated heterocycles. The number of hydrogen-bond acceptors (Lipinski definition) is 6. The maximum Gasteiger partial charge on any atom is 0.167 e. The highest BCUT2D eigenvalue weighted by Gasteiger charge is 2.36. The predicted molar refractivity (Wildman–Crippen MR) is 200 cm³/mol. The second-order valence-electron chi connectivity index (χ2n) is 13.1. The first-order valence-corrected chi connectivity index (χ1v) is 17.3. The summed E-state index contributed by atoms with van der Waals surface area (Å²) < 4.78 is 8.11. The smallest absolute Gasteiger partial charge is 0.167 e. The van der Waals surface area contributed by atoms with Crippen molar-refractivity contribution in [2.45, 2.75) is 19.3 Å². The molecule has 5 nitrogen and oxygen atoms in total. The van der Waals surface area contributed by atoms with Crippen molar-refractivity contribution >= 4 is 43.5 Å². The molecule has 232 valence electrons. The first-order valence-electron chi connectivity index (χ1n) is 16.4. The molecule has 6 aromatic carbocycles. The van der Waals surface area contributed by atoms with Crippen molar-refractivity contribution in [1.29, 1.82) is 0 Å². The molecule has 9 aromatic rings.